The average molecular weight is 264 g/mol. The van der Waals surface area contributed by atoms with E-state index < -0.39 is 11.7 Å². The normalized spacial score (nSPS) is 17.4. The molecule has 0 aromatic heterocycles. The van der Waals surface area contributed by atoms with Gasteiger partial charge in [-0.15, -0.1) is 0 Å². The third kappa shape index (κ3) is 1.97. The van der Waals surface area contributed by atoms with Gasteiger partial charge in [0.15, 0.2) is 0 Å². The van der Waals surface area contributed by atoms with Crippen LogP contribution >= 0.6 is 0 Å². The number of hydrogen-bond acceptors (Lipinski definition) is 1. The molecule has 0 radical (unpaired) electrons. The number of rotatable bonds is 0. The summed E-state index contributed by atoms with van der Waals surface area (Å²) in [5, 5.41) is 0. The number of hydrogen-bond donors (Lipinski definition) is 0. The summed E-state index contributed by atoms with van der Waals surface area (Å²) >= 11 is 0. The lowest BCUT2D eigenvalue weighted by atomic mass is 9.88. The number of halogens is 3. The highest BCUT2D eigenvalue weighted by molar-refractivity contribution is 5.54. The predicted octanol–water partition coefficient (Wildman–Crippen LogP) is 4.96. The number of para-hydroxylation sites is 1. The zero-order valence-electron chi connectivity index (χ0n) is 10.2. The van der Waals surface area contributed by atoms with Crippen LogP contribution in [0.2, 0.25) is 0 Å². The third-order valence-electron chi connectivity index (χ3n) is 3.41. The lowest BCUT2D eigenvalue weighted by Crippen LogP contribution is -2.11. The molecule has 3 rings (SSSR count). The Morgan fingerprint density at radius 2 is 1.63 bits per heavy atom. The Kier molecular flexibility index (Phi) is 2.55. The lowest BCUT2D eigenvalue weighted by molar-refractivity contribution is -0.137. The maximum absolute atomic E-state index is 12.7. The van der Waals surface area contributed by atoms with E-state index in [0.717, 1.165) is 11.6 Å². The summed E-state index contributed by atoms with van der Waals surface area (Å²) in [6.45, 7) is 1.89. The van der Waals surface area contributed by atoms with Gasteiger partial charge >= 0.3 is 6.18 Å². The summed E-state index contributed by atoms with van der Waals surface area (Å²) in [5.41, 5.74) is 0.851. The molecule has 0 aliphatic carbocycles. The fourth-order valence-electron chi connectivity index (χ4n) is 2.37. The molecule has 0 saturated heterocycles. The number of alkyl halides is 3. The van der Waals surface area contributed by atoms with Crippen molar-refractivity contribution in [3.05, 3.63) is 59.2 Å². The SMILES string of the molecule is CC1c2ccccc2Oc2ccc(C(F)(F)F)cc21. The van der Waals surface area contributed by atoms with Crippen LogP contribution in [0.25, 0.3) is 0 Å². The van der Waals surface area contributed by atoms with E-state index in [2.05, 4.69) is 0 Å². The second-order valence-corrected chi connectivity index (χ2v) is 4.61. The maximum Gasteiger partial charge on any atom is 0.416 e. The first-order valence-corrected chi connectivity index (χ1v) is 5.95. The predicted molar refractivity (Wildman–Crippen MR) is 65.5 cm³/mol. The van der Waals surface area contributed by atoms with Crippen LogP contribution in [0.4, 0.5) is 13.2 Å². The summed E-state index contributed by atoms with van der Waals surface area (Å²) in [6.07, 6.45) is -4.33. The van der Waals surface area contributed by atoms with Crippen molar-refractivity contribution in [2.45, 2.75) is 19.0 Å². The quantitative estimate of drug-likeness (QED) is 0.653. The minimum absolute atomic E-state index is 0.109. The van der Waals surface area contributed by atoms with Crippen molar-refractivity contribution in [1.29, 1.82) is 0 Å². The fraction of sp³-hybridized carbons (Fsp3) is 0.200. The first-order valence-electron chi connectivity index (χ1n) is 5.95. The lowest BCUT2D eigenvalue weighted by Gasteiger charge is -2.26. The summed E-state index contributed by atoms with van der Waals surface area (Å²) < 4.78 is 43.9. The van der Waals surface area contributed by atoms with Gasteiger partial charge in [-0.05, 0) is 24.3 Å². The van der Waals surface area contributed by atoms with Gasteiger partial charge in [0, 0.05) is 17.0 Å². The van der Waals surface area contributed by atoms with Crippen LogP contribution < -0.4 is 4.74 Å². The second-order valence-electron chi connectivity index (χ2n) is 4.61. The summed E-state index contributed by atoms with van der Waals surface area (Å²) in [6, 6.07) is 11.0. The molecule has 0 amide bonds. The van der Waals surface area contributed by atoms with Crippen LogP contribution in [0.5, 0.6) is 11.5 Å². The van der Waals surface area contributed by atoms with E-state index in [1.807, 2.05) is 31.2 Å². The zero-order chi connectivity index (χ0) is 13.6. The van der Waals surface area contributed by atoms with Crippen molar-refractivity contribution in [1.82, 2.24) is 0 Å². The smallest absolute Gasteiger partial charge is 0.416 e. The second kappa shape index (κ2) is 4.02. The molecule has 0 fully saturated rings. The number of fused-ring (bicyclic) bond motifs is 2. The molecule has 0 N–H and O–H groups in total. The van der Waals surface area contributed by atoms with Crippen LogP contribution in [-0.4, -0.2) is 0 Å². The molecule has 2 aromatic rings. The molecule has 0 saturated carbocycles. The number of benzene rings is 2. The van der Waals surface area contributed by atoms with Crippen molar-refractivity contribution >= 4 is 0 Å². The monoisotopic (exact) mass is 264 g/mol. The first-order chi connectivity index (χ1) is 8.97. The van der Waals surface area contributed by atoms with Gasteiger partial charge in [-0.25, -0.2) is 0 Å². The Labute approximate surface area is 108 Å². The topological polar surface area (TPSA) is 9.23 Å². The fourth-order valence-corrected chi connectivity index (χ4v) is 2.37. The van der Waals surface area contributed by atoms with E-state index in [0.29, 0.717) is 17.1 Å². The van der Waals surface area contributed by atoms with E-state index in [1.54, 1.807) is 0 Å². The summed E-state index contributed by atoms with van der Waals surface area (Å²) in [5.74, 6) is 1.10. The first kappa shape index (κ1) is 12.1. The van der Waals surface area contributed by atoms with E-state index in [-0.39, 0.29) is 5.92 Å². The largest absolute Gasteiger partial charge is 0.457 e. The Hall–Kier alpha value is -1.97. The minimum atomic E-state index is -4.33. The molecule has 1 atom stereocenters. The van der Waals surface area contributed by atoms with E-state index in [1.165, 1.54) is 12.1 Å². The Bertz CT molecular complexity index is 632. The molecule has 19 heavy (non-hydrogen) atoms. The summed E-state index contributed by atoms with van der Waals surface area (Å²) in [7, 11) is 0. The van der Waals surface area contributed by atoms with Crippen LogP contribution in [-0.2, 0) is 6.18 Å². The average Bonchev–Trinajstić information content (AvgIpc) is 2.37. The van der Waals surface area contributed by atoms with Gasteiger partial charge in [-0.2, -0.15) is 13.2 Å². The molecule has 1 aliphatic rings. The molecular formula is C15H11F3O. The molecule has 2 aromatic carbocycles. The highest BCUT2D eigenvalue weighted by Crippen LogP contribution is 2.45. The molecule has 1 unspecified atom stereocenters. The minimum Gasteiger partial charge on any atom is -0.457 e. The van der Waals surface area contributed by atoms with Crippen molar-refractivity contribution in [2.75, 3.05) is 0 Å². The molecule has 0 spiro atoms. The third-order valence-corrected chi connectivity index (χ3v) is 3.41. The van der Waals surface area contributed by atoms with Gasteiger partial charge in [0.2, 0.25) is 0 Å². The van der Waals surface area contributed by atoms with Crippen molar-refractivity contribution < 1.29 is 17.9 Å². The van der Waals surface area contributed by atoms with Crippen LogP contribution in [0.3, 0.4) is 0 Å². The van der Waals surface area contributed by atoms with Crippen molar-refractivity contribution in [3.8, 4) is 11.5 Å². The Morgan fingerprint density at radius 3 is 2.37 bits per heavy atom. The molecule has 1 nitrogen and oxygen atoms in total. The van der Waals surface area contributed by atoms with Gasteiger partial charge < -0.3 is 4.74 Å². The number of ether oxygens (including phenoxy) is 1. The van der Waals surface area contributed by atoms with Crippen LogP contribution in [0, 0.1) is 0 Å². The van der Waals surface area contributed by atoms with E-state index in [4.69, 9.17) is 4.74 Å². The standard InChI is InChI=1S/C15H11F3O/c1-9-11-4-2-3-5-13(11)19-14-7-6-10(8-12(9)14)15(16,17)18/h2-9H,1H3. The highest BCUT2D eigenvalue weighted by atomic mass is 19.4. The van der Waals surface area contributed by atoms with Gasteiger partial charge in [-0.1, -0.05) is 25.1 Å². The highest BCUT2D eigenvalue weighted by Gasteiger charge is 2.33. The van der Waals surface area contributed by atoms with Gasteiger partial charge in [0.25, 0.3) is 0 Å². The van der Waals surface area contributed by atoms with Crippen molar-refractivity contribution in [2.24, 2.45) is 0 Å². The molecule has 1 heterocycles. The van der Waals surface area contributed by atoms with Gasteiger partial charge in [0.1, 0.15) is 11.5 Å². The molecular weight excluding hydrogens is 253 g/mol. The molecule has 98 valence electrons. The zero-order valence-corrected chi connectivity index (χ0v) is 10.2. The van der Waals surface area contributed by atoms with E-state index in [9.17, 15) is 13.2 Å². The van der Waals surface area contributed by atoms with Crippen molar-refractivity contribution in [3.63, 3.8) is 0 Å². The van der Waals surface area contributed by atoms with Crippen LogP contribution in [0.1, 0.15) is 29.5 Å². The van der Waals surface area contributed by atoms with Gasteiger partial charge in [0.05, 0.1) is 5.56 Å². The van der Waals surface area contributed by atoms with Gasteiger partial charge in [-0.3, -0.25) is 0 Å². The summed E-state index contributed by atoms with van der Waals surface area (Å²) in [4.78, 5) is 0. The Balaban J connectivity index is 2.11. The molecule has 1 aliphatic heterocycles. The maximum atomic E-state index is 12.7. The molecule has 4 heteroatoms. The Morgan fingerprint density at radius 1 is 0.947 bits per heavy atom. The molecule has 0 bridgehead atoms. The van der Waals surface area contributed by atoms with E-state index >= 15 is 0 Å². The van der Waals surface area contributed by atoms with Crippen LogP contribution in [0.15, 0.2) is 42.5 Å².